The Morgan fingerprint density at radius 2 is 2.08 bits per heavy atom. The number of hydrogen-bond acceptors (Lipinski definition) is 3. The Kier molecular flexibility index (Phi) is 9.03. The van der Waals surface area contributed by atoms with Crippen molar-refractivity contribution in [3.8, 4) is 0 Å². The van der Waals surface area contributed by atoms with Crippen LogP contribution in [0.5, 0.6) is 0 Å². The molecule has 2 nitrogen and oxygen atoms in total. The highest BCUT2D eigenvalue weighted by atomic mass is 32.2. The lowest BCUT2D eigenvalue weighted by molar-refractivity contribution is 0.218. The summed E-state index contributed by atoms with van der Waals surface area (Å²) < 4.78 is 5.01. The fourth-order valence-electron chi connectivity index (χ4n) is 1.33. The van der Waals surface area contributed by atoms with E-state index in [2.05, 4.69) is 26.1 Å². The number of hydrogen-bond donors (Lipinski definition) is 1. The summed E-state index contributed by atoms with van der Waals surface area (Å²) in [6.45, 7) is 8.62. The smallest absolute Gasteiger partial charge is 0.0553 e. The topological polar surface area (TPSA) is 21.3 Å². The Bertz CT molecular complexity index is 111. The Hall–Kier alpha value is 0.270. The molecule has 1 N–H and O–H groups in total. The van der Waals surface area contributed by atoms with Gasteiger partial charge in [-0.15, -0.1) is 0 Å². The summed E-state index contributed by atoms with van der Waals surface area (Å²) in [4.78, 5) is 0. The molecule has 3 heteroatoms. The monoisotopic (exact) mass is 205 g/mol. The van der Waals surface area contributed by atoms with Crippen molar-refractivity contribution >= 4 is 11.8 Å². The molecule has 0 rings (SSSR count). The molecule has 0 fully saturated rings. The van der Waals surface area contributed by atoms with Crippen LogP contribution in [0.15, 0.2) is 0 Å². The van der Waals surface area contributed by atoms with Gasteiger partial charge in [0.1, 0.15) is 0 Å². The molecule has 0 radical (unpaired) electrons. The van der Waals surface area contributed by atoms with Gasteiger partial charge >= 0.3 is 0 Å². The fraction of sp³-hybridized carbons (Fsp3) is 1.00. The highest BCUT2D eigenvalue weighted by Gasteiger charge is 2.07. The van der Waals surface area contributed by atoms with E-state index in [1.807, 2.05) is 11.8 Å². The third kappa shape index (κ3) is 8.60. The van der Waals surface area contributed by atoms with Crippen molar-refractivity contribution in [2.24, 2.45) is 0 Å². The molecule has 0 saturated heterocycles. The zero-order chi connectivity index (χ0) is 10.1. The number of rotatable bonds is 8. The first-order valence-electron chi connectivity index (χ1n) is 5.04. The van der Waals surface area contributed by atoms with Gasteiger partial charge in [-0.2, -0.15) is 11.8 Å². The maximum absolute atomic E-state index is 5.01. The van der Waals surface area contributed by atoms with Crippen molar-refractivity contribution in [1.82, 2.24) is 5.32 Å². The van der Waals surface area contributed by atoms with Gasteiger partial charge in [-0.1, -0.05) is 13.8 Å². The Morgan fingerprint density at radius 3 is 2.62 bits per heavy atom. The summed E-state index contributed by atoms with van der Waals surface area (Å²) in [5, 5.41) is 4.15. The van der Waals surface area contributed by atoms with E-state index in [1.54, 1.807) is 7.11 Å². The van der Waals surface area contributed by atoms with E-state index in [-0.39, 0.29) is 0 Å². The second-order valence-corrected chi connectivity index (χ2v) is 4.91. The molecule has 0 aromatic carbocycles. The Balaban J connectivity index is 3.32. The van der Waals surface area contributed by atoms with Gasteiger partial charge in [0, 0.05) is 24.2 Å². The molecule has 2 atom stereocenters. The average Bonchev–Trinajstić information content (AvgIpc) is 2.05. The minimum Gasteiger partial charge on any atom is -0.384 e. The van der Waals surface area contributed by atoms with Crippen LogP contribution in [0.3, 0.4) is 0 Å². The highest BCUT2D eigenvalue weighted by Crippen LogP contribution is 2.15. The molecule has 13 heavy (non-hydrogen) atoms. The minimum atomic E-state index is 0.634. The summed E-state index contributed by atoms with van der Waals surface area (Å²) in [5.41, 5.74) is 0. The van der Waals surface area contributed by atoms with Crippen molar-refractivity contribution in [1.29, 1.82) is 0 Å². The highest BCUT2D eigenvalue weighted by molar-refractivity contribution is 7.99. The van der Waals surface area contributed by atoms with Gasteiger partial charge in [0.05, 0.1) is 6.61 Å². The molecule has 0 aliphatic heterocycles. The third-order valence-corrected chi connectivity index (χ3v) is 3.09. The van der Waals surface area contributed by atoms with Crippen molar-refractivity contribution in [2.45, 2.75) is 38.5 Å². The normalized spacial score (nSPS) is 15.7. The van der Waals surface area contributed by atoms with Crippen molar-refractivity contribution < 1.29 is 4.74 Å². The van der Waals surface area contributed by atoms with Gasteiger partial charge in [-0.25, -0.2) is 0 Å². The van der Waals surface area contributed by atoms with Gasteiger partial charge in [0.2, 0.25) is 0 Å². The standard InChI is InChI=1S/C10H23NOS/c1-5-11-9(2)8-10(3)13-7-6-12-4/h9-11H,5-8H2,1-4H3. The van der Waals surface area contributed by atoms with Crippen LogP contribution in [0.2, 0.25) is 0 Å². The second kappa shape index (κ2) is 8.85. The van der Waals surface area contributed by atoms with E-state index in [0.29, 0.717) is 6.04 Å². The molecule has 2 unspecified atom stereocenters. The summed E-state index contributed by atoms with van der Waals surface area (Å²) in [5.74, 6) is 1.11. The van der Waals surface area contributed by atoms with Crippen LogP contribution in [0.1, 0.15) is 27.2 Å². The zero-order valence-corrected chi connectivity index (χ0v) is 10.1. The van der Waals surface area contributed by atoms with Gasteiger partial charge in [0.15, 0.2) is 0 Å². The lowest BCUT2D eigenvalue weighted by atomic mass is 10.2. The summed E-state index contributed by atoms with van der Waals surface area (Å²) >= 11 is 1.99. The first-order valence-corrected chi connectivity index (χ1v) is 6.09. The summed E-state index contributed by atoms with van der Waals surface area (Å²) in [6.07, 6.45) is 1.24. The number of methoxy groups -OCH3 is 1. The lowest BCUT2D eigenvalue weighted by Crippen LogP contribution is -2.28. The molecule has 0 aromatic heterocycles. The van der Waals surface area contributed by atoms with E-state index < -0.39 is 0 Å². The molecule has 0 aromatic rings. The van der Waals surface area contributed by atoms with Crippen LogP contribution in [0, 0.1) is 0 Å². The van der Waals surface area contributed by atoms with Gasteiger partial charge in [0.25, 0.3) is 0 Å². The maximum Gasteiger partial charge on any atom is 0.0553 e. The maximum atomic E-state index is 5.01. The van der Waals surface area contributed by atoms with Gasteiger partial charge in [-0.05, 0) is 19.9 Å². The van der Waals surface area contributed by atoms with Crippen LogP contribution in [-0.2, 0) is 4.74 Å². The van der Waals surface area contributed by atoms with Crippen LogP contribution in [0.25, 0.3) is 0 Å². The van der Waals surface area contributed by atoms with Gasteiger partial charge in [-0.3, -0.25) is 0 Å². The number of thioether (sulfide) groups is 1. The molecule has 0 amide bonds. The molecular weight excluding hydrogens is 182 g/mol. The van der Waals surface area contributed by atoms with E-state index in [0.717, 1.165) is 24.2 Å². The lowest BCUT2D eigenvalue weighted by Gasteiger charge is -2.17. The summed E-state index contributed by atoms with van der Waals surface area (Å²) in [7, 11) is 1.76. The number of ether oxygens (including phenoxy) is 1. The molecule has 0 saturated carbocycles. The predicted octanol–water partition coefficient (Wildman–Crippen LogP) is 2.14. The zero-order valence-electron chi connectivity index (χ0n) is 9.30. The van der Waals surface area contributed by atoms with Crippen LogP contribution < -0.4 is 5.32 Å². The third-order valence-electron chi connectivity index (χ3n) is 1.93. The fourth-order valence-corrected chi connectivity index (χ4v) is 2.42. The predicted molar refractivity (Wildman–Crippen MR) is 61.6 cm³/mol. The van der Waals surface area contributed by atoms with Crippen LogP contribution in [0.4, 0.5) is 0 Å². The van der Waals surface area contributed by atoms with Gasteiger partial charge < -0.3 is 10.1 Å². The quantitative estimate of drug-likeness (QED) is 0.614. The molecule has 0 spiro atoms. The van der Waals surface area contributed by atoms with Crippen molar-refractivity contribution in [3.63, 3.8) is 0 Å². The van der Waals surface area contributed by atoms with Crippen molar-refractivity contribution in [2.75, 3.05) is 26.0 Å². The van der Waals surface area contributed by atoms with E-state index in [9.17, 15) is 0 Å². The van der Waals surface area contributed by atoms with E-state index in [4.69, 9.17) is 4.74 Å². The molecule has 0 aliphatic carbocycles. The van der Waals surface area contributed by atoms with Crippen molar-refractivity contribution in [3.05, 3.63) is 0 Å². The average molecular weight is 205 g/mol. The van der Waals surface area contributed by atoms with E-state index >= 15 is 0 Å². The molecule has 0 bridgehead atoms. The first-order chi connectivity index (χ1) is 6.20. The molecular formula is C10H23NOS. The van der Waals surface area contributed by atoms with E-state index in [1.165, 1.54) is 6.42 Å². The summed E-state index contributed by atoms with van der Waals surface area (Å²) in [6, 6.07) is 0.634. The minimum absolute atomic E-state index is 0.634. The second-order valence-electron chi connectivity index (χ2n) is 3.37. The van der Waals surface area contributed by atoms with Crippen LogP contribution >= 0.6 is 11.8 Å². The largest absolute Gasteiger partial charge is 0.384 e. The SMILES string of the molecule is CCNC(C)CC(C)SCCOC. The number of nitrogens with one attached hydrogen (secondary N) is 1. The first kappa shape index (κ1) is 13.3. The molecule has 0 aliphatic rings. The Morgan fingerprint density at radius 1 is 1.38 bits per heavy atom. The van der Waals surface area contributed by atoms with Crippen LogP contribution in [-0.4, -0.2) is 37.3 Å². The molecule has 0 heterocycles. The molecule has 80 valence electrons. The Labute approximate surface area is 86.8 Å².